The van der Waals surface area contributed by atoms with Crippen LogP contribution in [0, 0.1) is 13.8 Å². The molecular formula is C12H18N4. The lowest BCUT2D eigenvalue weighted by molar-refractivity contribution is 0.558. The number of hydrogen-bond donors (Lipinski definition) is 1. The minimum Gasteiger partial charge on any atom is -0.330 e. The number of hydrogen-bond acceptors (Lipinski definition) is 3. The van der Waals surface area contributed by atoms with Gasteiger partial charge in [-0.25, -0.2) is 4.68 Å². The minimum atomic E-state index is 0.741. The molecule has 2 rings (SSSR count). The highest BCUT2D eigenvalue weighted by Gasteiger charge is 2.05. The predicted octanol–water partition coefficient (Wildman–Crippen LogP) is 1.79. The molecule has 0 aliphatic heterocycles. The van der Waals surface area contributed by atoms with Crippen molar-refractivity contribution in [1.82, 2.24) is 15.0 Å². The lowest BCUT2D eigenvalue weighted by Gasteiger charge is -2.03. The van der Waals surface area contributed by atoms with Gasteiger partial charge in [0, 0.05) is 6.54 Å². The third-order valence-corrected chi connectivity index (χ3v) is 2.95. The first-order valence-electron chi connectivity index (χ1n) is 5.73. The van der Waals surface area contributed by atoms with Crippen LogP contribution in [0.1, 0.15) is 24.0 Å². The summed E-state index contributed by atoms with van der Waals surface area (Å²) in [6.07, 6.45) is 2.09. The second-order valence-corrected chi connectivity index (χ2v) is 4.23. The fraction of sp³-hybridized carbons (Fsp3) is 0.500. The molecule has 4 nitrogen and oxygen atoms in total. The number of aryl methyl sites for hydroxylation is 3. The molecule has 4 heteroatoms. The molecular weight excluding hydrogens is 200 g/mol. The van der Waals surface area contributed by atoms with Crippen LogP contribution in [-0.2, 0) is 6.54 Å². The summed E-state index contributed by atoms with van der Waals surface area (Å²) in [5.74, 6) is 0. The van der Waals surface area contributed by atoms with Gasteiger partial charge in [-0.15, -0.1) is 5.10 Å². The van der Waals surface area contributed by atoms with Crippen LogP contribution < -0.4 is 5.73 Å². The van der Waals surface area contributed by atoms with Gasteiger partial charge in [0.25, 0.3) is 0 Å². The van der Waals surface area contributed by atoms with E-state index in [4.69, 9.17) is 5.73 Å². The van der Waals surface area contributed by atoms with E-state index in [9.17, 15) is 0 Å². The quantitative estimate of drug-likeness (QED) is 0.796. The molecule has 2 aromatic rings. The molecule has 0 amide bonds. The van der Waals surface area contributed by atoms with E-state index < -0.39 is 0 Å². The van der Waals surface area contributed by atoms with Crippen molar-refractivity contribution in [2.75, 3.05) is 6.54 Å². The van der Waals surface area contributed by atoms with Gasteiger partial charge in [-0.2, -0.15) is 0 Å². The van der Waals surface area contributed by atoms with Crippen LogP contribution in [0.2, 0.25) is 0 Å². The van der Waals surface area contributed by atoms with Crippen molar-refractivity contribution in [3.05, 3.63) is 23.3 Å². The second-order valence-electron chi connectivity index (χ2n) is 4.23. The summed E-state index contributed by atoms with van der Waals surface area (Å²) in [6.45, 7) is 5.86. The van der Waals surface area contributed by atoms with E-state index in [0.29, 0.717) is 0 Å². The Morgan fingerprint density at radius 3 is 2.69 bits per heavy atom. The van der Waals surface area contributed by atoms with Gasteiger partial charge in [0.1, 0.15) is 5.52 Å². The van der Waals surface area contributed by atoms with E-state index in [1.165, 1.54) is 11.1 Å². The van der Waals surface area contributed by atoms with Crippen molar-refractivity contribution in [3.8, 4) is 0 Å². The number of benzene rings is 1. The Hall–Kier alpha value is -1.42. The summed E-state index contributed by atoms with van der Waals surface area (Å²) in [6, 6.07) is 4.25. The molecule has 1 heterocycles. The summed E-state index contributed by atoms with van der Waals surface area (Å²) >= 11 is 0. The molecule has 0 spiro atoms. The van der Waals surface area contributed by atoms with E-state index in [1.807, 2.05) is 4.68 Å². The number of nitrogens with two attached hydrogens (primary N) is 1. The summed E-state index contributed by atoms with van der Waals surface area (Å²) in [7, 11) is 0. The lowest BCUT2D eigenvalue weighted by atomic mass is 10.1. The van der Waals surface area contributed by atoms with Crippen molar-refractivity contribution in [1.29, 1.82) is 0 Å². The summed E-state index contributed by atoms with van der Waals surface area (Å²) in [5, 5.41) is 8.36. The molecule has 0 radical (unpaired) electrons. The molecule has 1 aromatic carbocycles. The van der Waals surface area contributed by atoms with Crippen LogP contribution in [-0.4, -0.2) is 21.5 Å². The van der Waals surface area contributed by atoms with Crippen LogP contribution in [0.4, 0.5) is 0 Å². The molecule has 0 bridgehead atoms. The summed E-state index contributed by atoms with van der Waals surface area (Å²) in [5.41, 5.74) is 10.1. The molecule has 0 aliphatic carbocycles. The number of rotatable bonds is 4. The first-order valence-corrected chi connectivity index (χ1v) is 5.73. The third kappa shape index (κ3) is 2.07. The van der Waals surface area contributed by atoms with Crippen LogP contribution in [0.3, 0.4) is 0 Å². The minimum absolute atomic E-state index is 0.741. The van der Waals surface area contributed by atoms with Gasteiger partial charge in [0.05, 0.1) is 5.52 Å². The first kappa shape index (κ1) is 11.1. The monoisotopic (exact) mass is 218 g/mol. The average Bonchev–Trinajstić information content (AvgIpc) is 2.63. The highest BCUT2D eigenvalue weighted by atomic mass is 15.4. The molecule has 0 aliphatic rings. The van der Waals surface area contributed by atoms with Gasteiger partial charge in [-0.05, 0) is 56.5 Å². The fourth-order valence-electron chi connectivity index (χ4n) is 1.79. The van der Waals surface area contributed by atoms with Gasteiger partial charge in [0.15, 0.2) is 0 Å². The molecule has 16 heavy (non-hydrogen) atoms. The predicted molar refractivity (Wildman–Crippen MR) is 65.3 cm³/mol. The number of fused-ring (bicyclic) bond motifs is 1. The van der Waals surface area contributed by atoms with Gasteiger partial charge in [-0.3, -0.25) is 0 Å². The smallest absolute Gasteiger partial charge is 0.113 e. The topological polar surface area (TPSA) is 56.7 Å². The Balaban J connectivity index is 2.29. The SMILES string of the molecule is Cc1cc2nnn(CCCCN)c2cc1C. The van der Waals surface area contributed by atoms with E-state index in [1.54, 1.807) is 0 Å². The Bertz CT molecular complexity index is 487. The van der Waals surface area contributed by atoms with Crippen molar-refractivity contribution >= 4 is 11.0 Å². The van der Waals surface area contributed by atoms with Gasteiger partial charge < -0.3 is 5.73 Å². The van der Waals surface area contributed by atoms with E-state index >= 15 is 0 Å². The van der Waals surface area contributed by atoms with E-state index in [0.717, 1.165) is 37.0 Å². The van der Waals surface area contributed by atoms with Gasteiger partial charge in [-0.1, -0.05) is 5.21 Å². The van der Waals surface area contributed by atoms with Crippen LogP contribution in [0.15, 0.2) is 12.1 Å². The summed E-state index contributed by atoms with van der Waals surface area (Å²) in [4.78, 5) is 0. The zero-order valence-electron chi connectivity index (χ0n) is 9.90. The fourth-order valence-corrected chi connectivity index (χ4v) is 1.79. The zero-order valence-corrected chi connectivity index (χ0v) is 9.90. The number of nitrogens with zero attached hydrogens (tertiary/aromatic N) is 3. The Kier molecular flexibility index (Phi) is 3.19. The van der Waals surface area contributed by atoms with Gasteiger partial charge in [0.2, 0.25) is 0 Å². The molecule has 0 unspecified atom stereocenters. The molecule has 0 saturated heterocycles. The number of unbranched alkanes of at least 4 members (excludes halogenated alkanes) is 1. The lowest BCUT2D eigenvalue weighted by Crippen LogP contribution is -2.04. The van der Waals surface area contributed by atoms with Crippen molar-refractivity contribution in [2.45, 2.75) is 33.2 Å². The van der Waals surface area contributed by atoms with Crippen molar-refractivity contribution < 1.29 is 0 Å². The normalized spacial score (nSPS) is 11.2. The molecule has 0 fully saturated rings. The highest BCUT2D eigenvalue weighted by molar-refractivity contribution is 5.76. The van der Waals surface area contributed by atoms with E-state index in [-0.39, 0.29) is 0 Å². The standard InChI is InChI=1S/C12H18N4/c1-9-7-11-12(8-10(9)2)16(15-14-11)6-4-3-5-13/h7-8H,3-6,13H2,1-2H3. The molecule has 1 aromatic heterocycles. The Morgan fingerprint density at radius 2 is 1.94 bits per heavy atom. The largest absolute Gasteiger partial charge is 0.330 e. The Labute approximate surface area is 95.4 Å². The van der Waals surface area contributed by atoms with Crippen LogP contribution >= 0.6 is 0 Å². The average molecular weight is 218 g/mol. The molecule has 2 N–H and O–H groups in total. The number of aromatic nitrogens is 3. The first-order chi connectivity index (χ1) is 7.72. The zero-order chi connectivity index (χ0) is 11.5. The van der Waals surface area contributed by atoms with Crippen LogP contribution in [0.5, 0.6) is 0 Å². The third-order valence-electron chi connectivity index (χ3n) is 2.95. The molecule has 86 valence electrons. The maximum atomic E-state index is 5.48. The van der Waals surface area contributed by atoms with Crippen LogP contribution in [0.25, 0.3) is 11.0 Å². The van der Waals surface area contributed by atoms with Crippen molar-refractivity contribution in [2.24, 2.45) is 5.73 Å². The Morgan fingerprint density at radius 1 is 1.19 bits per heavy atom. The maximum Gasteiger partial charge on any atom is 0.113 e. The maximum absolute atomic E-state index is 5.48. The van der Waals surface area contributed by atoms with E-state index in [2.05, 4.69) is 36.3 Å². The summed E-state index contributed by atoms with van der Waals surface area (Å²) < 4.78 is 1.97. The van der Waals surface area contributed by atoms with Gasteiger partial charge >= 0.3 is 0 Å². The molecule has 0 saturated carbocycles. The van der Waals surface area contributed by atoms with Crippen molar-refractivity contribution in [3.63, 3.8) is 0 Å². The highest BCUT2D eigenvalue weighted by Crippen LogP contribution is 2.17. The molecule has 0 atom stereocenters. The second kappa shape index (κ2) is 4.61.